The highest BCUT2D eigenvalue weighted by Gasteiger charge is 2.13. The third-order valence-electron chi connectivity index (χ3n) is 2.37. The topological polar surface area (TPSA) is 43.4 Å². The molecule has 3 heteroatoms. The molecule has 1 rings (SSSR count). The first-order valence-electron chi connectivity index (χ1n) is 5.25. The number of rotatable bonds is 3. The first kappa shape index (κ1) is 12.4. The molecule has 0 aromatic heterocycles. The lowest BCUT2D eigenvalue weighted by Gasteiger charge is -2.10. The number of carbonyl (C=O) groups excluding carboxylic acids is 2. The number of aryl methyl sites for hydroxylation is 1. The number of carbonyl (C=O) groups is 2. The van der Waals surface area contributed by atoms with Crippen molar-refractivity contribution in [2.75, 3.05) is 0 Å². The van der Waals surface area contributed by atoms with Crippen molar-refractivity contribution >= 4 is 11.8 Å². The largest absolute Gasteiger partial charge is 0.421 e. The van der Waals surface area contributed by atoms with Crippen LogP contribution in [-0.2, 0) is 9.59 Å². The van der Waals surface area contributed by atoms with Crippen molar-refractivity contribution in [2.45, 2.75) is 33.6 Å². The molecule has 0 N–H and O–H groups in total. The van der Waals surface area contributed by atoms with E-state index >= 15 is 0 Å². The van der Waals surface area contributed by atoms with Gasteiger partial charge >= 0.3 is 5.97 Å². The predicted molar refractivity (Wildman–Crippen MR) is 61.6 cm³/mol. The second-order valence-corrected chi connectivity index (χ2v) is 4.13. The van der Waals surface area contributed by atoms with Crippen LogP contribution in [0.2, 0.25) is 0 Å². The van der Waals surface area contributed by atoms with E-state index < -0.39 is 11.8 Å². The summed E-state index contributed by atoms with van der Waals surface area (Å²) in [6.45, 7) is 7.15. The SMILES string of the molecule is CC(=O)C(=O)Oc1cc(C(C)C)ccc1C. The van der Waals surface area contributed by atoms with Gasteiger partial charge in [0, 0.05) is 6.92 Å². The summed E-state index contributed by atoms with van der Waals surface area (Å²) in [5, 5.41) is 0. The smallest absolute Gasteiger partial charge is 0.379 e. The highest BCUT2D eigenvalue weighted by molar-refractivity contribution is 6.33. The van der Waals surface area contributed by atoms with E-state index in [4.69, 9.17) is 4.74 Å². The lowest BCUT2D eigenvalue weighted by atomic mass is 10.0. The van der Waals surface area contributed by atoms with Gasteiger partial charge in [0.25, 0.3) is 0 Å². The maximum atomic E-state index is 11.2. The Labute approximate surface area is 95.4 Å². The van der Waals surface area contributed by atoms with Crippen LogP contribution in [-0.4, -0.2) is 11.8 Å². The number of hydrogen-bond donors (Lipinski definition) is 0. The Balaban J connectivity index is 2.99. The van der Waals surface area contributed by atoms with Crippen molar-refractivity contribution in [3.05, 3.63) is 29.3 Å². The standard InChI is InChI=1S/C13H16O3/c1-8(2)11-6-5-9(3)12(7-11)16-13(15)10(4)14/h5-8H,1-4H3. The van der Waals surface area contributed by atoms with E-state index in [-0.39, 0.29) is 0 Å². The van der Waals surface area contributed by atoms with Crippen molar-refractivity contribution in [1.29, 1.82) is 0 Å². The second-order valence-electron chi connectivity index (χ2n) is 4.13. The molecule has 0 fully saturated rings. The Morgan fingerprint density at radius 1 is 1.25 bits per heavy atom. The molecule has 0 aliphatic heterocycles. The fourth-order valence-corrected chi connectivity index (χ4v) is 1.26. The highest BCUT2D eigenvalue weighted by Crippen LogP contribution is 2.24. The van der Waals surface area contributed by atoms with Crippen LogP contribution < -0.4 is 4.74 Å². The molecular weight excluding hydrogens is 204 g/mol. The normalized spacial score (nSPS) is 10.3. The van der Waals surface area contributed by atoms with Crippen LogP contribution in [0.25, 0.3) is 0 Å². The molecule has 1 aromatic rings. The maximum Gasteiger partial charge on any atom is 0.379 e. The van der Waals surface area contributed by atoms with Crippen molar-refractivity contribution in [3.63, 3.8) is 0 Å². The van der Waals surface area contributed by atoms with Gasteiger partial charge in [0.15, 0.2) is 0 Å². The van der Waals surface area contributed by atoms with Crippen molar-refractivity contribution in [3.8, 4) is 5.75 Å². The third kappa shape index (κ3) is 2.92. The predicted octanol–water partition coefficient (Wildman–Crippen LogP) is 2.61. The summed E-state index contributed by atoms with van der Waals surface area (Å²) in [5.74, 6) is -0.583. The van der Waals surface area contributed by atoms with Crippen LogP contribution in [0, 0.1) is 6.92 Å². The third-order valence-corrected chi connectivity index (χ3v) is 2.37. The molecule has 0 aliphatic rings. The fourth-order valence-electron chi connectivity index (χ4n) is 1.26. The Kier molecular flexibility index (Phi) is 3.82. The minimum Gasteiger partial charge on any atom is -0.421 e. The average molecular weight is 220 g/mol. The van der Waals surface area contributed by atoms with Gasteiger partial charge in [0.1, 0.15) is 5.75 Å². The number of hydrogen-bond acceptors (Lipinski definition) is 3. The first-order valence-corrected chi connectivity index (χ1v) is 5.25. The van der Waals surface area contributed by atoms with E-state index in [1.54, 1.807) is 6.07 Å². The zero-order chi connectivity index (χ0) is 12.3. The number of esters is 1. The van der Waals surface area contributed by atoms with E-state index in [1.165, 1.54) is 6.92 Å². The Hall–Kier alpha value is -1.64. The zero-order valence-corrected chi connectivity index (χ0v) is 10.0. The van der Waals surface area contributed by atoms with Crippen LogP contribution in [0.4, 0.5) is 0 Å². The first-order chi connectivity index (χ1) is 7.41. The molecule has 0 spiro atoms. The van der Waals surface area contributed by atoms with Gasteiger partial charge in [0.2, 0.25) is 5.78 Å². The summed E-state index contributed by atoms with van der Waals surface area (Å²) in [7, 11) is 0. The quantitative estimate of drug-likeness (QED) is 0.447. The number of ether oxygens (including phenoxy) is 1. The molecule has 1 aromatic carbocycles. The van der Waals surface area contributed by atoms with Crippen LogP contribution in [0.3, 0.4) is 0 Å². The van der Waals surface area contributed by atoms with Crippen molar-refractivity contribution in [1.82, 2.24) is 0 Å². The zero-order valence-electron chi connectivity index (χ0n) is 10.0. The molecular formula is C13H16O3. The molecule has 0 amide bonds. The summed E-state index contributed by atoms with van der Waals surface area (Å²) in [5.41, 5.74) is 1.93. The van der Waals surface area contributed by atoms with Gasteiger partial charge < -0.3 is 4.74 Å². The van der Waals surface area contributed by atoms with E-state index in [9.17, 15) is 9.59 Å². The van der Waals surface area contributed by atoms with E-state index in [0.717, 1.165) is 11.1 Å². The summed E-state index contributed by atoms with van der Waals surface area (Å²) in [4.78, 5) is 22.0. The molecule has 0 saturated carbocycles. The second kappa shape index (κ2) is 4.92. The van der Waals surface area contributed by atoms with Gasteiger partial charge in [-0.1, -0.05) is 26.0 Å². The summed E-state index contributed by atoms with van der Waals surface area (Å²) in [6, 6.07) is 5.68. The Morgan fingerprint density at radius 2 is 1.88 bits per heavy atom. The molecule has 3 nitrogen and oxygen atoms in total. The van der Waals surface area contributed by atoms with Gasteiger partial charge in [-0.2, -0.15) is 0 Å². The van der Waals surface area contributed by atoms with Crippen LogP contribution in [0.1, 0.15) is 37.8 Å². The van der Waals surface area contributed by atoms with Crippen LogP contribution in [0.5, 0.6) is 5.75 Å². The fraction of sp³-hybridized carbons (Fsp3) is 0.385. The summed E-state index contributed by atoms with van der Waals surface area (Å²) >= 11 is 0. The maximum absolute atomic E-state index is 11.2. The summed E-state index contributed by atoms with van der Waals surface area (Å²) in [6.07, 6.45) is 0. The number of ketones is 1. The molecule has 0 heterocycles. The number of Topliss-reactive ketones (excluding diaryl/α,β-unsaturated/α-hetero) is 1. The minimum atomic E-state index is -0.816. The van der Waals surface area contributed by atoms with Gasteiger partial charge in [-0.05, 0) is 30.0 Å². The Bertz CT molecular complexity index is 419. The van der Waals surface area contributed by atoms with Crippen LogP contribution in [0.15, 0.2) is 18.2 Å². The van der Waals surface area contributed by atoms with Gasteiger partial charge in [-0.25, -0.2) is 4.79 Å². The van der Waals surface area contributed by atoms with E-state index in [0.29, 0.717) is 11.7 Å². The molecule has 0 unspecified atom stereocenters. The van der Waals surface area contributed by atoms with Gasteiger partial charge in [0.05, 0.1) is 0 Å². The Morgan fingerprint density at radius 3 is 2.38 bits per heavy atom. The monoisotopic (exact) mass is 220 g/mol. The molecule has 0 aliphatic carbocycles. The van der Waals surface area contributed by atoms with Crippen LogP contribution >= 0.6 is 0 Å². The van der Waals surface area contributed by atoms with E-state index in [2.05, 4.69) is 13.8 Å². The molecule has 0 saturated heterocycles. The average Bonchev–Trinajstić information content (AvgIpc) is 2.20. The van der Waals surface area contributed by atoms with Gasteiger partial charge in [-0.15, -0.1) is 0 Å². The molecule has 0 radical (unpaired) electrons. The van der Waals surface area contributed by atoms with E-state index in [1.807, 2.05) is 19.1 Å². The van der Waals surface area contributed by atoms with Gasteiger partial charge in [-0.3, -0.25) is 4.79 Å². The minimum absolute atomic E-state index is 0.357. The van der Waals surface area contributed by atoms with Crippen molar-refractivity contribution in [2.24, 2.45) is 0 Å². The number of benzene rings is 1. The lowest BCUT2D eigenvalue weighted by Crippen LogP contribution is -2.17. The molecule has 86 valence electrons. The summed E-state index contributed by atoms with van der Waals surface area (Å²) < 4.78 is 5.01. The molecule has 16 heavy (non-hydrogen) atoms. The molecule has 0 bridgehead atoms. The highest BCUT2D eigenvalue weighted by atomic mass is 16.5. The molecule has 0 atom stereocenters. The lowest BCUT2D eigenvalue weighted by molar-refractivity contribution is -0.146. The van der Waals surface area contributed by atoms with Crippen molar-refractivity contribution < 1.29 is 14.3 Å².